The number of nitrogens with one attached hydrogen (secondary N) is 2. The number of rotatable bonds is 51. The molecule has 61 nitrogen and oxygen atoms in total. The lowest BCUT2D eigenvalue weighted by Crippen LogP contribution is -2.41. The molecule has 6 aliphatic heterocycles. The third-order valence-corrected chi connectivity index (χ3v) is 31.3. The molecule has 0 saturated carbocycles. The van der Waals surface area contributed by atoms with Gasteiger partial charge in [0.05, 0.1) is 130 Å². The number of aromatic amines is 2. The van der Waals surface area contributed by atoms with Gasteiger partial charge in [-0.2, -0.15) is 15.0 Å². The Labute approximate surface area is 836 Å². The van der Waals surface area contributed by atoms with E-state index in [-0.39, 0.29) is 141 Å². The molecule has 15 heterocycles. The number of aliphatic hydroxyl groups is 1. The highest BCUT2D eigenvalue weighted by molar-refractivity contribution is 8.46. The number of phosphoric ester groups is 2. The molecular weight excluding hydrogens is 2090 g/mol. The monoisotopic (exact) mass is 2200 g/mol. The number of aromatic nitrogens is 18. The first-order valence-corrected chi connectivity index (χ1v) is 55.7. The summed E-state index contributed by atoms with van der Waals surface area (Å²) in [7, 11) is -4.87. The smallest absolute Gasteiger partial charge is 0.387 e. The Morgan fingerprint density at radius 2 is 0.800 bits per heavy atom. The van der Waals surface area contributed by atoms with E-state index in [2.05, 4.69) is 96.6 Å². The topological polar surface area (TPSA) is 782 Å². The maximum atomic E-state index is 15.8. The highest BCUT2D eigenvalue weighted by Crippen LogP contribution is 2.62. The maximum absolute atomic E-state index is 15.8. The molecule has 0 spiro atoms. The van der Waals surface area contributed by atoms with E-state index in [0.29, 0.717) is 11.2 Å². The van der Waals surface area contributed by atoms with Crippen LogP contribution in [0.3, 0.4) is 0 Å². The van der Waals surface area contributed by atoms with Crippen molar-refractivity contribution in [2.75, 3.05) is 163 Å². The molecule has 6 aliphatic rings. The molecule has 0 aromatic carbocycles. The lowest BCUT2D eigenvalue weighted by Gasteiger charge is -2.29. The van der Waals surface area contributed by atoms with Crippen LogP contribution >= 0.6 is 72.6 Å². The first-order valence-electron chi connectivity index (χ1n) is 44.4. The largest absolute Gasteiger partial charge is 0.472 e. The molecule has 15 N–H and O–H groups in total. The second kappa shape index (κ2) is 47.7. The zero-order valence-corrected chi connectivity index (χ0v) is 85.8. The fourth-order valence-electron chi connectivity index (χ4n) is 16.8. The van der Waals surface area contributed by atoms with Crippen LogP contribution in [-0.4, -0.2) is 340 Å². The summed E-state index contributed by atoms with van der Waals surface area (Å²) in [6, 6.07) is 0. The third-order valence-electron chi connectivity index (χ3n) is 23.8. The van der Waals surface area contributed by atoms with E-state index in [1.165, 1.54) is 91.5 Å². The molecule has 28 atom stereocenters. The van der Waals surface area contributed by atoms with Crippen LogP contribution in [0.25, 0.3) is 33.5 Å². The Kier molecular flexibility index (Phi) is 36.5. The Bertz CT molecular complexity index is 6620. The zero-order chi connectivity index (χ0) is 104. The highest BCUT2D eigenvalue weighted by atomic mass is 32.7. The number of ether oxygens (including phenoxy) is 16. The Balaban J connectivity index is 0.723. The van der Waals surface area contributed by atoms with Gasteiger partial charge >= 0.3 is 46.3 Å². The van der Waals surface area contributed by atoms with Gasteiger partial charge in [0.15, 0.2) is 65.2 Å². The van der Waals surface area contributed by atoms with Gasteiger partial charge in [0.25, 0.3) is 17.7 Å². The van der Waals surface area contributed by atoms with Gasteiger partial charge in [-0.25, -0.2) is 67.5 Å². The number of fused-ring (bicyclic) bond motifs is 3. The molecule has 800 valence electrons. The van der Waals surface area contributed by atoms with E-state index in [1.54, 1.807) is 18.4 Å². The number of hydrogen-bond donors (Lipinski definition) is 13. The maximum Gasteiger partial charge on any atom is 0.472 e. The van der Waals surface area contributed by atoms with Gasteiger partial charge in [-0.15, -0.1) is 0 Å². The molecule has 0 radical (unpaired) electrons. The molecule has 145 heavy (non-hydrogen) atoms. The number of anilines is 5. The number of methoxy groups -OCH3 is 5. The van der Waals surface area contributed by atoms with Crippen LogP contribution in [-0.2, 0) is 139 Å². The van der Waals surface area contributed by atoms with E-state index < -0.39 is 244 Å². The molecule has 9 aromatic rings. The predicted octanol–water partition coefficient (Wildman–Crippen LogP) is 0.795. The number of H-pyrrole nitrogens is 2. The standard InChI is InChI=1S/C76H110N23O38P5S3/c1-35-23-94(74(103)89-59(35)77)69-55(119-17-12-114-6)50(39(128-69)10-21-138(106,143)133-40-22-45(127-38(40)4)97-32-86-46-61(79)82-30-84-63(46)97)134-139(107,108)123-28-43-53(58(122-20-15-117-9)71(131-43)98-33-87-47-62(80)83-31-85-64(47)98)137-142(112,145)126-29-44-51(56(120-18-13-115-7)72(132-44)99-34-88-48-65(99)91-73(81)92-67(48)102)135-140(109,110)124-27-42-52(57(121-19-14-116-8)70(130-42)95-24-36(2)60(78)90-75(95)104)136-141(111,144)125-26-41-49(100)54(118-16-11-113-5)68(129-41)96-25-37(3)66(101)93-76(96)105/h23-25,30-34,38-45,49-58,68-72,100H,10-22,26-29H2,1-9H3,(H,106,143)(H,107,108)(H,109,110)(H,111,144)(H,112,145)(H2,77,89,103)(H2,78,90,104)(H2,79,82,84)(H2,80,83,85)(H,93,101,105)(H3,81,91,92,102)/t38-,39-,40?,41-,42-,43-,44-,45-,49?,50?,51?,52?,53?,54+,55+,56+,57+,58+,68-,69?,70?,71?,72?,138?,141?,142?/m1/s1. The minimum atomic E-state index is -5.88. The van der Waals surface area contributed by atoms with Crippen molar-refractivity contribution in [1.82, 2.24) is 87.2 Å². The number of thiol groups is 3. The minimum Gasteiger partial charge on any atom is -0.387 e. The second-order valence-electron chi connectivity index (χ2n) is 33.5. The molecule has 6 saturated heterocycles. The summed E-state index contributed by atoms with van der Waals surface area (Å²) in [4.78, 5) is 138. The SMILES string of the molecule is COCCO[C@H]1C(OP(=O)(O)OC[C@H]2OC(n3cnc4c(N)ncnc43)[C@@H](OCCOC)C2OP(=O)(S)OC[C@H]2OC(n3cnc4c(=O)[nH]c(N)nc43)[C@@H](OCCOC)C2OP(=O)(O)OC[C@H]2OC(n3cc(C)c(N)nc3=O)[C@@H](OCCOC)C2OP(=O)(S)OC[C@H]2O[C@@H](n3cc(C)c(=O)[nH]c3=O)[C@@H](OCCOC)C2O)[C@@H](CCP(=O)(S)OC2C[C@H](n3cnc4c(N)ncnc43)O[C@@H]2C)OC1n1cc(C)c(N)nc1=O. The zero-order valence-electron chi connectivity index (χ0n) is 78.7. The summed E-state index contributed by atoms with van der Waals surface area (Å²) in [5.41, 5.74) is 26.9. The van der Waals surface area contributed by atoms with Crippen molar-refractivity contribution < 1.29 is 154 Å². The fourth-order valence-corrected chi connectivity index (χ4v) is 23.8. The van der Waals surface area contributed by atoms with Crippen LogP contribution in [0, 0.1) is 20.8 Å². The van der Waals surface area contributed by atoms with Gasteiger partial charge < -0.3 is 124 Å². The summed E-state index contributed by atoms with van der Waals surface area (Å²) in [6.07, 6.45) is -27.0. The summed E-state index contributed by atoms with van der Waals surface area (Å²) < 4.78 is 235. The normalized spacial score (nSPS) is 29.2. The number of nitrogen functional groups attached to an aromatic ring is 5. The summed E-state index contributed by atoms with van der Waals surface area (Å²) in [6.45, 7) is -14.5. The average molecular weight is 2200 g/mol. The number of aryl methyl sites for hydroxylation is 3. The van der Waals surface area contributed by atoms with Crippen molar-refractivity contribution in [3.05, 3.63) is 119 Å². The van der Waals surface area contributed by atoms with Gasteiger partial charge in [-0.3, -0.25) is 87.7 Å². The van der Waals surface area contributed by atoms with E-state index in [0.717, 1.165) is 30.9 Å². The van der Waals surface area contributed by atoms with Crippen LogP contribution in [0.2, 0.25) is 0 Å². The fraction of sp³-hybridized carbons (Fsp3) is 0.645. The lowest BCUT2D eigenvalue weighted by molar-refractivity contribution is -0.0839. The molecule has 0 bridgehead atoms. The molecule has 0 aliphatic carbocycles. The van der Waals surface area contributed by atoms with Gasteiger partial charge in [-0.05, 0) is 34.1 Å². The number of phosphoric acid groups is 2. The van der Waals surface area contributed by atoms with Crippen LogP contribution < -0.4 is 56.9 Å². The van der Waals surface area contributed by atoms with Gasteiger partial charge in [0.1, 0.15) is 127 Å². The first kappa shape index (κ1) is 111. The van der Waals surface area contributed by atoms with E-state index >= 15 is 18.3 Å². The quantitative estimate of drug-likeness (QED) is 0.0142. The minimum absolute atomic E-state index is 0.00590. The molecular formula is C76H110N23O38P5S3. The van der Waals surface area contributed by atoms with Crippen molar-refractivity contribution in [2.45, 2.75) is 182 Å². The Hall–Kier alpha value is -8.03. The van der Waals surface area contributed by atoms with Crippen molar-refractivity contribution in [3.63, 3.8) is 0 Å². The van der Waals surface area contributed by atoms with E-state index in [1.807, 2.05) is 0 Å². The molecule has 9 aromatic heterocycles. The Morgan fingerprint density at radius 1 is 0.414 bits per heavy atom. The summed E-state index contributed by atoms with van der Waals surface area (Å²) in [5.74, 6) is -0.755. The predicted molar refractivity (Wildman–Crippen MR) is 508 cm³/mol. The Morgan fingerprint density at radius 3 is 1.28 bits per heavy atom. The van der Waals surface area contributed by atoms with Crippen LogP contribution in [0.15, 0.2) is 74.2 Å². The van der Waals surface area contributed by atoms with Gasteiger partial charge in [-0.1, -0.05) is 36.7 Å². The summed E-state index contributed by atoms with van der Waals surface area (Å²) >= 11 is 13.4. The van der Waals surface area contributed by atoms with Crippen molar-refractivity contribution in [1.29, 1.82) is 0 Å². The molecule has 69 heteroatoms. The number of aliphatic hydroxyl groups excluding tert-OH is 1. The average Bonchev–Trinajstić information content (AvgIpc) is 1.60. The number of nitrogens with zero attached hydrogens (tertiary/aromatic N) is 16. The number of nitrogens with two attached hydrogens (primary N) is 5. The highest BCUT2D eigenvalue weighted by Gasteiger charge is 2.59. The first-order chi connectivity index (χ1) is 69.0. The number of imidazole rings is 3. The van der Waals surface area contributed by atoms with E-state index in [9.17, 15) is 43.4 Å². The molecule has 15 unspecified atom stereocenters. The van der Waals surface area contributed by atoms with Crippen molar-refractivity contribution >= 4 is 135 Å². The van der Waals surface area contributed by atoms with Crippen LogP contribution in [0.5, 0.6) is 0 Å². The van der Waals surface area contributed by atoms with E-state index in [4.69, 9.17) is 145 Å². The number of hydrogen-bond acceptors (Lipinski definition) is 51. The van der Waals surface area contributed by atoms with Gasteiger partial charge in [0, 0.05) is 83.4 Å². The molecule has 0 amide bonds. The van der Waals surface area contributed by atoms with Crippen molar-refractivity contribution in [3.8, 4) is 0 Å². The van der Waals surface area contributed by atoms with Gasteiger partial charge in [0.2, 0.25) is 5.95 Å². The van der Waals surface area contributed by atoms with Crippen molar-refractivity contribution in [2.24, 2.45) is 0 Å². The lowest BCUT2D eigenvalue weighted by atomic mass is 10.1. The molecule has 15 rings (SSSR count). The van der Waals surface area contributed by atoms with Crippen LogP contribution in [0.1, 0.15) is 73.8 Å². The van der Waals surface area contributed by atoms with Crippen LogP contribution in [0.4, 0.5) is 29.2 Å². The summed E-state index contributed by atoms with van der Waals surface area (Å²) in [5, 5.41) is 11.8. The molecule has 6 fully saturated rings. The second-order valence-corrected chi connectivity index (χ2v) is 45.9. The third kappa shape index (κ3) is 25.9.